The Bertz CT molecular complexity index is 959. The second-order valence-corrected chi connectivity index (χ2v) is 9.01. The first kappa shape index (κ1) is 23.5. The van der Waals surface area contributed by atoms with Crippen LogP contribution in [0.1, 0.15) is 11.1 Å². The first-order chi connectivity index (χ1) is 14.5. The van der Waals surface area contributed by atoms with Crippen LogP contribution in [0.25, 0.3) is 0 Å². The smallest absolute Gasteiger partial charge is 0.389 e. The largest absolute Gasteiger partial charge is 0.417 e. The van der Waals surface area contributed by atoms with Gasteiger partial charge in [0, 0.05) is 38.9 Å². The van der Waals surface area contributed by atoms with Crippen LogP contribution in [-0.4, -0.2) is 68.8 Å². The van der Waals surface area contributed by atoms with E-state index >= 15 is 0 Å². The second-order valence-electron chi connectivity index (χ2n) is 7.40. The number of alkyl halides is 3. The number of halogens is 3. The number of benzene rings is 1. The lowest BCUT2D eigenvalue weighted by atomic mass is 10.2. The van der Waals surface area contributed by atoms with Gasteiger partial charge in [-0.05, 0) is 31.2 Å². The van der Waals surface area contributed by atoms with Gasteiger partial charge in [-0.15, -0.1) is 0 Å². The SMILES string of the molecule is Cc1ccc(S(=O)(=O)OC[C@@H](O)CN2CCN(c3ccc(C(F)(F)F)cn3)CC2)cc1. The molecule has 0 aliphatic carbocycles. The third-order valence-electron chi connectivity index (χ3n) is 4.97. The first-order valence-corrected chi connectivity index (χ1v) is 11.1. The van der Waals surface area contributed by atoms with Gasteiger partial charge in [0.25, 0.3) is 10.1 Å². The zero-order valence-electron chi connectivity index (χ0n) is 16.9. The van der Waals surface area contributed by atoms with Gasteiger partial charge in [0.1, 0.15) is 5.82 Å². The zero-order chi connectivity index (χ0) is 22.6. The molecule has 1 aromatic carbocycles. The standard InChI is InChI=1S/C20H24F3N3O4S/c1-15-2-5-18(6-3-15)31(28,29)30-14-17(27)13-25-8-10-26(11-9-25)19-7-4-16(12-24-19)20(21,22)23/h2-7,12,17,27H,8-11,13-14H2,1H3/t17-/m0/s1. The number of nitrogens with zero attached hydrogens (tertiary/aromatic N) is 3. The van der Waals surface area contributed by atoms with E-state index in [1.807, 2.05) is 16.7 Å². The molecule has 1 atom stereocenters. The third kappa shape index (κ3) is 6.39. The molecule has 0 bridgehead atoms. The summed E-state index contributed by atoms with van der Waals surface area (Å²) in [5.74, 6) is 0.459. The number of aliphatic hydroxyl groups excluding tert-OH is 1. The Morgan fingerprint density at radius 1 is 1.10 bits per heavy atom. The molecule has 0 saturated carbocycles. The van der Waals surface area contributed by atoms with Gasteiger partial charge < -0.3 is 10.0 Å². The maximum absolute atomic E-state index is 12.7. The highest BCUT2D eigenvalue weighted by molar-refractivity contribution is 7.86. The van der Waals surface area contributed by atoms with Crippen LogP contribution in [0.2, 0.25) is 0 Å². The Morgan fingerprint density at radius 2 is 1.74 bits per heavy atom. The van der Waals surface area contributed by atoms with E-state index in [2.05, 4.69) is 4.98 Å². The minimum Gasteiger partial charge on any atom is -0.389 e. The molecular weight excluding hydrogens is 435 g/mol. The third-order valence-corrected chi connectivity index (χ3v) is 6.26. The molecule has 0 unspecified atom stereocenters. The fraction of sp³-hybridized carbons (Fsp3) is 0.450. The number of aryl methyl sites for hydroxylation is 1. The highest BCUT2D eigenvalue weighted by Crippen LogP contribution is 2.29. The molecule has 1 fully saturated rings. The lowest BCUT2D eigenvalue weighted by Gasteiger charge is -2.36. The lowest BCUT2D eigenvalue weighted by molar-refractivity contribution is -0.137. The monoisotopic (exact) mass is 459 g/mol. The van der Waals surface area contributed by atoms with Gasteiger partial charge in [0.15, 0.2) is 0 Å². The van der Waals surface area contributed by atoms with Gasteiger partial charge in [-0.25, -0.2) is 4.98 Å². The summed E-state index contributed by atoms with van der Waals surface area (Å²) < 4.78 is 67.3. The van der Waals surface area contributed by atoms with Crippen molar-refractivity contribution < 1.29 is 30.9 Å². The van der Waals surface area contributed by atoms with E-state index < -0.39 is 28.0 Å². The Kier molecular flexibility index (Phi) is 7.20. The number of aliphatic hydroxyl groups is 1. The summed E-state index contributed by atoms with van der Waals surface area (Å²) in [5.41, 5.74) is 0.128. The molecule has 0 amide bonds. The molecule has 1 aliphatic heterocycles. The van der Waals surface area contributed by atoms with Crippen molar-refractivity contribution in [3.8, 4) is 0 Å². The molecule has 1 aliphatic rings. The lowest BCUT2D eigenvalue weighted by Crippen LogP contribution is -2.49. The molecule has 170 valence electrons. The number of hydrogen-bond acceptors (Lipinski definition) is 7. The Balaban J connectivity index is 1.45. The number of anilines is 1. The summed E-state index contributed by atoms with van der Waals surface area (Å²) in [7, 11) is -3.95. The van der Waals surface area contributed by atoms with Crippen molar-refractivity contribution in [2.75, 3.05) is 44.2 Å². The summed E-state index contributed by atoms with van der Waals surface area (Å²) in [6.07, 6.45) is -4.61. The molecule has 31 heavy (non-hydrogen) atoms. The minimum atomic E-state index is -4.42. The summed E-state index contributed by atoms with van der Waals surface area (Å²) >= 11 is 0. The van der Waals surface area contributed by atoms with Crippen LogP contribution in [0.4, 0.5) is 19.0 Å². The first-order valence-electron chi connectivity index (χ1n) is 9.69. The highest BCUT2D eigenvalue weighted by Gasteiger charge is 2.31. The minimum absolute atomic E-state index is 0.0305. The maximum atomic E-state index is 12.7. The molecule has 3 rings (SSSR count). The van der Waals surface area contributed by atoms with E-state index in [4.69, 9.17) is 4.18 Å². The summed E-state index contributed by atoms with van der Waals surface area (Å²) in [4.78, 5) is 7.73. The number of hydrogen-bond donors (Lipinski definition) is 1. The Hall–Kier alpha value is -2.21. The number of piperazine rings is 1. The van der Waals surface area contributed by atoms with Crippen molar-refractivity contribution in [3.63, 3.8) is 0 Å². The van der Waals surface area contributed by atoms with Crippen LogP contribution >= 0.6 is 0 Å². The van der Waals surface area contributed by atoms with Crippen molar-refractivity contribution >= 4 is 15.9 Å². The van der Waals surface area contributed by atoms with Gasteiger partial charge in [0.05, 0.1) is 23.2 Å². The zero-order valence-corrected chi connectivity index (χ0v) is 17.7. The molecule has 1 N–H and O–H groups in total. The summed E-state index contributed by atoms with van der Waals surface area (Å²) in [6, 6.07) is 8.58. The van der Waals surface area contributed by atoms with Crippen LogP contribution in [0.5, 0.6) is 0 Å². The van der Waals surface area contributed by atoms with Gasteiger partial charge in [-0.1, -0.05) is 17.7 Å². The van der Waals surface area contributed by atoms with Gasteiger partial charge in [-0.2, -0.15) is 21.6 Å². The predicted molar refractivity (Wildman–Crippen MR) is 108 cm³/mol. The molecule has 1 saturated heterocycles. The van der Waals surface area contributed by atoms with Crippen molar-refractivity contribution in [2.45, 2.75) is 24.1 Å². The van der Waals surface area contributed by atoms with Gasteiger partial charge in [0.2, 0.25) is 0 Å². The fourth-order valence-corrected chi connectivity index (χ4v) is 4.13. The second kappa shape index (κ2) is 9.51. The Labute approximate surface area is 179 Å². The number of pyridine rings is 1. The van der Waals surface area contributed by atoms with E-state index in [0.717, 1.165) is 17.8 Å². The summed E-state index contributed by atoms with van der Waals surface area (Å²) in [6.45, 7) is 3.83. The van der Waals surface area contributed by atoms with E-state index in [9.17, 15) is 26.7 Å². The normalized spacial score (nSPS) is 17.0. The average Bonchev–Trinajstić information content (AvgIpc) is 2.73. The van der Waals surface area contributed by atoms with Crippen LogP contribution < -0.4 is 4.90 Å². The molecule has 7 nitrogen and oxygen atoms in total. The number of β-amino-alcohol motifs (C(OH)–C–C–N with tert-alkyl or cyclic N) is 1. The van der Waals surface area contributed by atoms with Crippen LogP contribution in [0.15, 0.2) is 47.5 Å². The topological polar surface area (TPSA) is 83.0 Å². The van der Waals surface area contributed by atoms with E-state index in [-0.39, 0.29) is 18.0 Å². The quantitative estimate of drug-likeness (QED) is 0.636. The maximum Gasteiger partial charge on any atom is 0.417 e. The number of aromatic nitrogens is 1. The molecular formula is C20H24F3N3O4S. The Morgan fingerprint density at radius 3 is 2.29 bits per heavy atom. The molecule has 2 aromatic rings. The van der Waals surface area contributed by atoms with Crippen molar-refractivity contribution in [2.24, 2.45) is 0 Å². The predicted octanol–water partition coefficient (Wildman–Crippen LogP) is 2.30. The van der Waals surface area contributed by atoms with Crippen molar-refractivity contribution in [3.05, 3.63) is 53.7 Å². The molecule has 0 spiro atoms. The molecule has 0 radical (unpaired) electrons. The van der Waals surface area contributed by atoms with Gasteiger partial charge >= 0.3 is 6.18 Å². The van der Waals surface area contributed by atoms with E-state index in [0.29, 0.717) is 32.0 Å². The highest BCUT2D eigenvalue weighted by atomic mass is 32.2. The molecule has 11 heteroatoms. The molecule has 1 aromatic heterocycles. The fourth-order valence-electron chi connectivity index (χ4n) is 3.19. The van der Waals surface area contributed by atoms with Crippen LogP contribution in [-0.2, 0) is 20.5 Å². The van der Waals surface area contributed by atoms with Crippen molar-refractivity contribution in [1.29, 1.82) is 0 Å². The average molecular weight is 459 g/mol. The summed E-state index contributed by atoms with van der Waals surface area (Å²) in [5, 5.41) is 10.2. The van der Waals surface area contributed by atoms with Crippen molar-refractivity contribution in [1.82, 2.24) is 9.88 Å². The molecule has 2 heterocycles. The van der Waals surface area contributed by atoms with Crippen LogP contribution in [0.3, 0.4) is 0 Å². The van der Waals surface area contributed by atoms with E-state index in [1.165, 1.54) is 18.2 Å². The van der Waals surface area contributed by atoms with E-state index in [1.54, 1.807) is 12.1 Å². The number of rotatable bonds is 7. The van der Waals surface area contributed by atoms with Crippen LogP contribution in [0, 0.1) is 6.92 Å². The van der Waals surface area contributed by atoms with Gasteiger partial charge in [-0.3, -0.25) is 9.08 Å².